The van der Waals surface area contributed by atoms with Gasteiger partial charge in [-0.1, -0.05) is 192 Å². The summed E-state index contributed by atoms with van der Waals surface area (Å²) in [6.07, 6.45) is 40.4. The molecule has 2 aromatic carbocycles. The number of ether oxygens (including phenoxy) is 2. The molecule has 0 N–H and O–H groups in total. The minimum absolute atomic E-state index is 0.754. The zero-order chi connectivity index (χ0) is 38.9. The second kappa shape index (κ2) is 27.6. The predicted molar refractivity (Wildman–Crippen MR) is 239 cm³/mol. The molecule has 0 bridgehead atoms. The van der Waals surface area contributed by atoms with Crippen molar-refractivity contribution in [3.63, 3.8) is 0 Å². The molecule has 2 aliphatic heterocycles. The summed E-state index contributed by atoms with van der Waals surface area (Å²) >= 11 is 0. The fraction of sp³-hybridized carbons (Fsp3) is 0.769. The van der Waals surface area contributed by atoms with Gasteiger partial charge in [0.1, 0.15) is 25.0 Å². The highest BCUT2D eigenvalue weighted by atomic mass is 16.5. The van der Waals surface area contributed by atoms with Crippen molar-refractivity contribution in [3.8, 4) is 11.5 Å². The van der Waals surface area contributed by atoms with Gasteiger partial charge in [-0.2, -0.15) is 0 Å². The van der Waals surface area contributed by atoms with E-state index in [1.54, 1.807) is 0 Å². The Morgan fingerprint density at radius 3 is 1.23 bits per heavy atom. The fourth-order valence-corrected chi connectivity index (χ4v) is 10.8. The van der Waals surface area contributed by atoms with Gasteiger partial charge in [0.25, 0.3) is 0 Å². The Morgan fingerprint density at radius 2 is 0.786 bits per heavy atom. The molecule has 2 aromatic rings. The minimum atomic E-state index is 0.754. The van der Waals surface area contributed by atoms with Gasteiger partial charge in [-0.15, -0.1) is 0 Å². The molecule has 5 rings (SSSR count). The van der Waals surface area contributed by atoms with Crippen molar-refractivity contribution >= 4 is 0 Å². The molecular formula is C52H86N2O2. The van der Waals surface area contributed by atoms with E-state index < -0.39 is 0 Å². The number of fused-ring (bicyclic) bond motifs is 2. The molecule has 4 unspecified atom stereocenters. The average molecular weight is 771 g/mol. The monoisotopic (exact) mass is 771 g/mol. The number of unbranched alkanes of at least 4 members (excludes halogenated alkanes) is 18. The average Bonchev–Trinajstić information content (AvgIpc) is 3.23. The molecule has 0 spiro atoms. The third kappa shape index (κ3) is 16.3. The standard InChI is InChI=1S/C52H86N2O2/c1-3-5-7-9-15-21-33-49-45(29-19-8-6-4-2)37-38-46(30-20-14-10-12-17-27-39-53-41-47-31-23-25-35-51(47)55-43-53)50(49)34-22-16-11-13-18-28-40-54-42-48-32-24-26-36-52(48)56-44-54/h23-26,31-32,35-36,45-46,49-50H,3-22,27-30,33-34,37-44H2,1-2H3. The summed E-state index contributed by atoms with van der Waals surface area (Å²) in [5.41, 5.74) is 2.69. The largest absolute Gasteiger partial charge is 0.478 e. The van der Waals surface area contributed by atoms with Crippen LogP contribution in [0.1, 0.15) is 205 Å². The van der Waals surface area contributed by atoms with Gasteiger partial charge in [0.05, 0.1) is 0 Å². The number of benzene rings is 2. The molecule has 4 nitrogen and oxygen atoms in total. The number of para-hydroxylation sites is 2. The Kier molecular flexibility index (Phi) is 22.2. The smallest absolute Gasteiger partial charge is 0.142 e. The first-order valence-corrected chi connectivity index (χ1v) is 24.6. The second-order valence-electron chi connectivity index (χ2n) is 18.5. The molecule has 1 aliphatic carbocycles. The van der Waals surface area contributed by atoms with Crippen molar-refractivity contribution in [2.24, 2.45) is 23.7 Å². The lowest BCUT2D eigenvalue weighted by Crippen LogP contribution is -2.35. The molecule has 1 saturated carbocycles. The van der Waals surface area contributed by atoms with E-state index >= 15 is 0 Å². The first-order chi connectivity index (χ1) is 27.7. The van der Waals surface area contributed by atoms with Crippen LogP contribution in [0.15, 0.2) is 48.5 Å². The van der Waals surface area contributed by atoms with Crippen molar-refractivity contribution in [1.82, 2.24) is 9.80 Å². The van der Waals surface area contributed by atoms with E-state index in [-0.39, 0.29) is 0 Å². The van der Waals surface area contributed by atoms with E-state index in [0.717, 1.165) is 61.7 Å². The van der Waals surface area contributed by atoms with Crippen LogP contribution in [0.5, 0.6) is 11.5 Å². The summed E-state index contributed by atoms with van der Waals surface area (Å²) < 4.78 is 12.0. The highest BCUT2D eigenvalue weighted by Gasteiger charge is 2.37. The maximum Gasteiger partial charge on any atom is 0.142 e. The third-order valence-electron chi connectivity index (χ3n) is 14.1. The molecule has 0 saturated heterocycles. The topological polar surface area (TPSA) is 24.9 Å². The first-order valence-electron chi connectivity index (χ1n) is 24.6. The van der Waals surface area contributed by atoms with Crippen LogP contribution in [0.2, 0.25) is 0 Å². The van der Waals surface area contributed by atoms with Gasteiger partial charge >= 0.3 is 0 Å². The van der Waals surface area contributed by atoms with Crippen molar-refractivity contribution < 1.29 is 9.47 Å². The Morgan fingerprint density at radius 1 is 0.429 bits per heavy atom. The van der Waals surface area contributed by atoms with Crippen LogP contribution in [0.25, 0.3) is 0 Å². The number of hydrogen-bond donors (Lipinski definition) is 0. The maximum atomic E-state index is 6.01. The molecule has 3 aliphatic rings. The van der Waals surface area contributed by atoms with E-state index in [0.29, 0.717) is 0 Å². The minimum Gasteiger partial charge on any atom is -0.478 e. The molecule has 2 heterocycles. The zero-order valence-electron chi connectivity index (χ0n) is 36.7. The second-order valence-corrected chi connectivity index (χ2v) is 18.5. The van der Waals surface area contributed by atoms with Crippen molar-refractivity contribution in [1.29, 1.82) is 0 Å². The Bertz CT molecular complexity index is 1280. The van der Waals surface area contributed by atoms with Crippen LogP contribution < -0.4 is 9.47 Å². The maximum absolute atomic E-state index is 6.01. The van der Waals surface area contributed by atoms with Gasteiger partial charge in [0, 0.05) is 37.3 Å². The molecule has 4 atom stereocenters. The van der Waals surface area contributed by atoms with E-state index in [1.807, 2.05) is 0 Å². The Labute approximate surface area is 346 Å². The van der Waals surface area contributed by atoms with Crippen molar-refractivity contribution in [3.05, 3.63) is 59.7 Å². The summed E-state index contributed by atoms with van der Waals surface area (Å²) in [6, 6.07) is 17.1. The molecule has 0 radical (unpaired) electrons. The SMILES string of the molecule is CCCCCCCCC1C(CCCCCC)CCC(CCCCCCCCN2COc3ccccc3C2)C1CCCCCCCCN1COc2ccccc2C1. The van der Waals surface area contributed by atoms with Crippen LogP contribution in [0.3, 0.4) is 0 Å². The summed E-state index contributed by atoms with van der Waals surface area (Å²) in [6.45, 7) is 10.7. The lowest BCUT2D eigenvalue weighted by molar-refractivity contribution is 0.0581. The first kappa shape index (κ1) is 45.1. The van der Waals surface area contributed by atoms with E-state index in [4.69, 9.17) is 9.47 Å². The van der Waals surface area contributed by atoms with Crippen LogP contribution in [-0.2, 0) is 13.1 Å². The predicted octanol–water partition coefficient (Wildman–Crippen LogP) is 15.1. The normalized spacial score (nSPS) is 21.3. The fourth-order valence-electron chi connectivity index (χ4n) is 10.8. The van der Waals surface area contributed by atoms with Crippen LogP contribution >= 0.6 is 0 Å². The van der Waals surface area contributed by atoms with Gasteiger partial charge in [0.15, 0.2) is 0 Å². The molecular weight excluding hydrogens is 685 g/mol. The molecule has 0 aromatic heterocycles. The lowest BCUT2D eigenvalue weighted by Gasteiger charge is -2.44. The molecule has 56 heavy (non-hydrogen) atoms. The third-order valence-corrected chi connectivity index (χ3v) is 14.1. The van der Waals surface area contributed by atoms with Gasteiger partial charge < -0.3 is 9.47 Å². The highest BCUT2D eigenvalue weighted by Crippen LogP contribution is 2.48. The molecule has 4 heteroatoms. The van der Waals surface area contributed by atoms with Gasteiger partial charge in [-0.3, -0.25) is 9.80 Å². The molecule has 1 fully saturated rings. The van der Waals surface area contributed by atoms with Crippen molar-refractivity contribution in [2.75, 3.05) is 26.6 Å². The Balaban J connectivity index is 1.02. The summed E-state index contributed by atoms with van der Waals surface area (Å²) in [7, 11) is 0. The van der Waals surface area contributed by atoms with E-state index in [1.165, 1.54) is 204 Å². The summed E-state index contributed by atoms with van der Waals surface area (Å²) in [4.78, 5) is 4.97. The van der Waals surface area contributed by atoms with Gasteiger partial charge in [-0.25, -0.2) is 0 Å². The van der Waals surface area contributed by atoms with Crippen LogP contribution in [0.4, 0.5) is 0 Å². The van der Waals surface area contributed by atoms with Crippen molar-refractivity contribution in [2.45, 2.75) is 207 Å². The number of nitrogens with zero attached hydrogens (tertiary/aromatic N) is 2. The summed E-state index contributed by atoms with van der Waals surface area (Å²) in [5.74, 6) is 6.16. The number of hydrogen-bond acceptors (Lipinski definition) is 4. The van der Waals surface area contributed by atoms with E-state index in [9.17, 15) is 0 Å². The molecule has 0 amide bonds. The Hall–Kier alpha value is -2.04. The zero-order valence-corrected chi connectivity index (χ0v) is 36.7. The molecule has 316 valence electrons. The lowest BCUT2D eigenvalue weighted by atomic mass is 9.61. The summed E-state index contributed by atoms with van der Waals surface area (Å²) in [5, 5.41) is 0. The van der Waals surface area contributed by atoms with Gasteiger partial charge in [-0.05, 0) is 74.3 Å². The van der Waals surface area contributed by atoms with E-state index in [2.05, 4.69) is 72.2 Å². The number of rotatable bonds is 30. The highest BCUT2D eigenvalue weighted by molar-refractivity contribution is 5.35. The van der Waals surface area contributed by atoms with Gasteiger partial charge in [0.2, 0.25) is 0 Å². The van der Waals surface area contributed by atoms with Crippen LogP contribution in [0, 0.1) is 23.7 Å². The quantitative estimate of drug-likeness (QED) is 0.0739. The van der Waals surface area contributed by atoms with Crippen LogP contribution in [-0.4, -0.2) is 36.4 Å².